The van der Waals surface area contributed by atoms with Crippen LogP contribution in [0, 0.1) is 22.0 Å². The predicted molar refractivity (Wildman–Crippen MR) is 143 cm³/mol. The molecule has 0 spiro atoms. The van der Waals surface area contributed by atoms with Crippen molar-refractivity contribution in [1.82, 2.24) is 24.7 Å². The van der Waals surface area contributed by atoms with Gasteiger partial charge in [0.25, 0.3) is 5.69 Å². The molecule has 0 aliphatic carbocycles. The van der Waals surface area contributed by atoms with Crippen LogP contribution >= 0.6 is 11.3 Å². The van der Waals surface area contributed by atoms with Crippen LogP contribution in [0.3, 0.4) is 0 Å². The van der Waals surface area contributed by atoms with Crippen LogP contribution in [0.25, 0.3) is 21.1 Å². The summed E-state index contributed by atoms with van der Waals surface area (Å²) in [5.74, 6) is 6.70. The number of hydrogen-bond acceptors (Lipinski definition) is 8. The minimum Gasteiger partial charge on any atom is -0.339 e. The number of thiophene rings is 1. The predicted octanol–water partition coefficient (Wildman–Crippen LogP) is 5.54. The Hall–Kier alpha value is -5.14. The Labute approximate surface area is 214 Å². The van der Waals surface area contributed by atoms with Gasteiger partial charge in [-0.3, -0.25) is 14.8 Å². The van der Waals surface area contributed by atoms with E-state index in [2.05, 4.69) is 55.4 Å². The number of hydrogen-bond donors (Lipinski definition) is 1. The first-order chi connectivity index (χ1) is 18.1. The van der Waals surface area contributed by atoms with Gasteiger partial charge in [-0.15, -0.1) is 11.3 Å². The van der Waals surface area contributed by atoms with E-state index in [1.807, 2.05) is 47.3 Å². The number of fused-ring (bicyclic) bond motifs is 2. The molecule has 0 fully saturated rings. The van der Waals surface area contributed by atoms with Crippen molar-refractivity contribution < 1.29 is 4.92 Å². The summed E-state index contributed by atoms with van der Waals surface area (Å²) in [7, 11) is 0. The Morgan fingerprint density at radius 2 is 1.86 bits per heavy atom. The SMILES string of the molecule is O=[N+]([O-])c1ccc(C#Cc2cc3ncnc(Nc4ccc5c(cnn5Cc5ccccc5)c4)c3s2)nc1. The maximum absolute atomic E-state index is 10.8. The van der Waals surface area contributed by atoms with Gasteiger partial charge >= 0.3 is 0 Å². The molecule has 6 aromatic rings. The van der Waals surface area contributed by atoms with E-state index in [4.69, 9.17) is 0 Å². The Kier molecular flexibility index (Phi) is 5.72. The van der Waals surface area contributed by atoms with Crippen LogP contribution < -0.4 is 5.32 Å². The third-order valence-electron chi connectivity index (χ3n) is 5.66. The van der Waals surface area contributed by atoms with Gasteiger partial charge in [-0.05, 0) is 47.7 Å². The third kappa shape index (κ3) is 4.71. The van der Waals surface area contributed by atoms with Gasteiger partial charge < -0.3 is 5.32 Å². The molecule has 4 aromatic heterocycles. The monoisotopic (exact) mass is 503 g/mol. The van der Waals surface area contributed by atoms with Crippen LogP contribution in [-0.4, -0.2) is 29.7 Å². The van der Waals surface area contributed by atoms with Crippen LogP contribution in [0.4, 0.5) is 17.2 Å². The molecule has 2 aromatic carbocycles. The van der Waals surface area contributed by atoms with E-state index in [9.17, 15) is 10.1 Å². The lowest BCUT2D eigenvalue weighted by molar-refractivity contribution is -0.385. The molecule has 1 N–H and O–H groups in total. The molecule has 37 heavy (non-hydrogen) atoms. The lowest BCUT2D eigenvalue weighted by Gasteiger charge is -2.07. The minimum absolute atomic E-state index is 0.0693. The molecule has 178 valence electrons. The standard InChI is InChI=1S/C27H17N7O2S/c35-34(36)22-9-6-20(28-15-22)7-10-23-13-24-26(37-23)27(30-17-29-24)32-21-8-11-25-19(12-21)14-31-33(25)16-18-4-2-1-3-5-18/h1-6,8-9,11-15,17H,16H2,(H,29,30,32). The average Bonchev–Trinajstić information content (AvgIpc) is 3.52. The topological polar surface area (TPSA) is 112 Å². The fourth-order valence-electron chi connectivity index (χ4n) is 3.88. The summed E-state index contributed by atoms with van der Waals surface area (Å²) in [4.78, 5) is 23.9. The highest BCUT2D eigenvalue weighted by atomic mass is 32.1. The molecule has 0 atom stereocenters. The molecule has 0 saturated heterocycles. The number of nitrogens with zero attached hydrogens (tertiary/aromatic N) is 6. The summed E-state index contributed by atoms with van der Waals surface area (Å²) < 4.78 is 2.87. The van der Waals surface area contributed by atoms with E-state index < -0.39 is 4.92 Å². The number of rotatable bonds is 5. The van der Waals surface area contributed by atoms with Crippen molar-refractivity contribution in [3.63, 3.8) is 0 Å². The Morgan fingerprint density at radius 3 is 2.68 bits per heavy atom. The lowest BCUT2D eigenvalue weighted by Crippen LogP contribution is -2.01. The first kappa shape index (κ1) is 22.3. The summed E-state index contributed by atoms with van der Waals surface area (Å²) in [6.07, 6.45) is 4.58. The fraction of sp³-hybridized carbons (Fsp3) is 0.0370. The largest absolute Gasteiger partial charge is 0.339 e. The fourth-order valence-corrected chi connectivity index (χ4v) is 4.79. The molecular weight excluding hydrogens is 486 g/mol. The first-order valence-electron chi connectivity index (χ1n) is 11.3. The van der Waals surface area contributed by atoms with Crippen molar-refractivity contribution in [3.05, 3.63) is 112 Å². The van der Waals surface area contributed by atoms with Crippen LogP contribution in [0.5, 0.6) is 0 Å². The van der Waals surface area contributed by atoms with Gasteiger partial charge in [0.2, 0.25) is 0 Å². The van der Waals surface area contributed by atoms with Gasteiger partial charge in [-0.2, -0.15) is 5.10 Å². The summed E-state index contributed by atoms with van der Waals surface area (Å²) in [6.45, 7) is 0.706. The maximum atomic E-state index is 10.8. The molecule has 6 rings (SSSR count). The minimum atomic E-state index is -0.488. The molecule has 4 heterocycles. The van der Waals surface area contributed by atoms with Crippen LogP contribution in [0.1, 0.15) is 16.1 Å². The van der Waals surface area contributed by atoms with Gasteiger partial charge in [-0.1, -0.05) is 30.3 Å². The number of benzene rings is 2. The number of anilines is 2. The van der Waals surface area contributed by atoms with Crippen LogP contribution in [0.2, 0.25) is 0 Å². The Bertz CT molecular complexity index is 1820. The van der Waals surface area contributed by atoms with Crippen molar-refractivity contribution >= 4 is 49.6 Å². The van der Waals surface area contributed by atoms with Gasteiger partial charge in [0, 0.05) is 17.1 Å². The zero-order chi connectivity index (χ0) is 25.2. The quantitative estimate of drug-likeness (QED) is 0.187. The zero-order valence-corrected chi connectivity index (χ0v) is 20.0. The molecule has 0 aliphatic heterocycles. The van der Waals surface area contributed by atoms with Crippen LogP contribution in [-0.2, 0) is 6.54 Å². The van der Waals surface area contributed by atoms with E-state index in [-0.39, 0.29) is 5.69 Å². The highest BCUT2D eigenvalue weighted by molar-refractivity contribution is 7.20. The highest BCUT2D eigenvalue weighted by Crippen LogP contribution is 2.31. The Balaban J connectivity index is 1.24. The third-order valence-corrected chi connectivity index (χ3v) is 6.71. The summed E-state index contributed by atoms with van der Waals surface area (Å²) >= 11 is 1.47. The zero-order valence-electron chi connectivity index (χ0n) is 19.2. The highest BCUT2D eigenvalue weighted by Gasteiger charge is 2.10. The van der Waals surface area contributed by atoms with Crippen molar-refractivity contribution in [2.24, 2.45) is 0 Å². The summed E-state index contributed by atoms with van der Waals surface area (Å²) in [5, 5.41) is 19.8. The molecule has 0 radical (unpaired) electrons. The second-order valence-electron chi connectivity index (χ2n) is 8.14. The molecular formula is C27H17N7O2S. The molecule has 0 aliphatic rings. The number of nitrogens with one attached hydrogen (secondary N) is 1. The molecule has 0 saturated carbocycles. The van der Waals surface area contributed by atoms with E-state index in [1.54, 1.807) is 0 Å². The van der Waals surface area contributed by atoms with Crippen molar-refractivity contribution in [3.8, 4) is 11.8 Å². The van der Waals surface area contributed by atoms with E-state index >= 15 is 0 Å². The van der Waals surface area contributed by atoms with Gasteiger partial charge in [0.15, 0.2) is 5.82 Å². The van der Waals surface area contributed by atoms with Crippen molar-refractivity contribution in [2.45, 2.75) is 6.54 Å². The Morgan fingerprint density at radius 1 is 0.973 bits per heavy atom. The second kappa shape index (κ2) is 9.49. The molecule has 0 unspecified atom stereocenters. The lowest BCUT2D eigenvalue weighted by atomic mass is 10.2. The smallest absolute Gasteiger partial charge is 0.287 e. The number of nitro groups is 1. The molecule has 0 amide bonds. The van der Waals surface area contributed by atoms with E-state index in [0.29, 0.717) is 18.1 Å². The first-order valence-corrected chi connectivity index (χ1v) is 12.1. The van der Waals surface area contributed by atoms with Gasteiger partial charge in [-0.25, -0.2) is 15.0 Å². The van der Waals surface area contributed by atoms with Gasteiger partial charge in [0.05, 0.1) is 38.3 Å². The van der Waals surface area contributed by atoms with Crippen LogP contribution in [0.15, 0.2) is 85.5 Å². The normalized spacial score (nSPS) is 10.8. The number of aromatic nitrogens is 5. The van der Waals surface area contributed by atoms with E-state index in [1.165, 1.54) is 41.6 Å². The summed E-state index contributed by atoms with van der Waals surface area (Å²) in [6, 6.07) is 21.2. The molecule has 0 bridgehead atoms. The molecule has 10 heteroatoms. The van der Waals surface area contributed by atoms with Crippen molar-refractivity contribution in [1.29, 1.82) is 0 Å². The van der Waals surface area contributed by atoms with Gasteiger partial charge in [0.1, 0.15) is 18.2 Å². The van der Waals surface area contributed by atoms with E-state index in [0.717, 1.165) is 31.7 Å². The second-order valence-corrected chi connectivity index (χ2v) is 9.19. The number of pyridine rings is 1. The average molecular weight is 504 g/mol. The maximum Gasteiger partial charge on any atom is 0.287 e. The molecule has 9 nitrogen and oxygen atoms in total. The summed E-state index contributed by atoms with van der Waals surface area (Å²) in [5.41, 5.74) is 4.30. The van der Waals surface area contributed by atoms with Crippen molar-refractivity contribution in [2.75, 3.05) is 5.32 Å².